The van der Waals surface area contributed by atoms with Crippen LogP contribution >= 0.6 is 23.2 Å². The molecule has 0 unspecified atom stereocenters. The fraction of sp³-hybridized carbons (Fsp3) is 0.440. The standard InChI is InChI=1S/C25H33Cl2N5O/c1-16(2)14-31(15-17(3)4)24(33)18-6-7-22-23(10-18)32(9-5-8-28)25(30-22)29-21-12-19(26)11-20(27)13-21/h6-7,10-13,16-17H,5,8-9,14-15,28H2,1-4H3,(H,29,30). The number of nitrogens with one attached hydrogen (secondary N) is 1. The predicted octanol–water partition coefficient (Wildman–Crippen LogP) is 6.19. The number of aryl methyl sites for hydroxylation is 1. The SMILES string of the molecule is CC(C)CN(CC(C)C)C(=O)c1ccc2nc(Nc3cc(Cl)cc(Cl)c3)n(CCCN)c2c1. The minimum absolute atomic E-state index is 0.0435. The highest BCUT2D eigenvalue weighted by Gasteiger charge is 2.20. The molecule has 2 aromatic carbocycles. The summed E-state index contributed by atoms with van der Waals surface area (Å²) in [7, 11) is 0. The minimum atomic E-state index is 0.0435. The molecule has 3 N–H and O–H groups in total. The van der Waals surface area contributed by atoms with Gasteiger partial charge in [-0.2, -0.15) is 0 Å². The number of carbonyl (C=O) groups is 1. The number of fused-ring (bicyclic) bond motifs is 1. The highest BCUT2D eigenvalue weighted by molar-refractivity contribution is 6.35. The molecular weight excluding hydrogens is 457 g/mol. The lowest BCUT2D eigenvalue weighted by molar-refractivity contribution is 0.0715. The monoisotopic (exact) mass is 489 g/mol. The number of anilines is 2. The largest absolute Gasteiger partial charge is 0.338 e. The number of benzene rings is 2. The summed E-state index contributed by atoms with van der Waals surface area (Å²) in [4.78, 5) is 20.1. The summed E-state index contributed by atoms with van der Waals surface area (Å²) in [6.07, 6.45) is 0.779. The molecule has 6 nitrogen and oxygen atoms in total. The summed E-state index contributed by atoms with van der Waals surface area (Å²) < 4.78 is 2.06. The van der Waals surface area contributed by atoms with Crippen molar-refractivity contribution in [3.05, 3.63) is 52.0 Å². The zero-order chi connectivity index (χ0) is 24.1. The van der Waals surface area contributed by atoms with Crippen molar-refractivity contribution in [2.75, 3.05) is 25.0 Å². The number of rotatable bonds is 10. The molecule has 0 saturated heterocycles. The molecule has 1 amide bonds. The molecule has 0 spiro atoms. The average molecular weight is 490 g/mol. The van der Waals surface area contributed by atoms with Crippen LogP contribution < -0.4 is 11.1 Å². The lowest BCUT2D eigenvalue weighted by Crippen LogP contribution is -2.37. The summed E-state index contributed by atoms with van der Waals surface area (Å²) in [6, 6.07) is 11.0. The van der Waals surface area contributed by atoms with Crippen molar-refractivity contribution >= 4 is 51.8 Å². The smallest absolute Gasteiger partial charge is 0.253 e. The van der Waals surface area contributed by atoms with E-state index in [9.17, 15) is 4.79 Å². The fourth-order valence-corrected chi connectivity index (χ4v) is 4.41. The first-order valence-corrected chi connectivity index (χ1v) is 12.2. The number of imidazole rings is 1. The highest BCUT2D eigenvalue weighted by atomic mass is 35.5. The van der Waals surface area contributed by atoms with Gasteiger partial charge < -0.3 is 20.5 Å². The van der Waals surface area contributed by atoms with Gasteiger partial charge in [0.25, 0.3) is 5.91 Å². The summed E-state index contributed by atoms with van der Waals surface area (Å²) in [6.45, 7) is 11.2. The normalized spacial score (nSPS) is 11.5. The van der Waals surface area contributed by atoms with Crippen LogP contribution in [0.15, 0.2) is 36.4 Å². The van der Waals surface area contributed by atoms with Crippen molar-refractivity contribution in [2.45, 2.75) is 40.7 Å². The van der Waals surface area contributed by atoms with E-state index in [0.717, 1.165) is 36.2 Å². The van der Waals surface area contributed by atoms with Gasteiger partial charge >= 0.3 is 0 Å². The van der Waals surface area contributed by atoms with E-state index in [4.69, 9.17) is 33.9 Å². The van der Waals surface area contributed by atoms with Crippen molar-refractivity contribution in [3.8, 4) is 0 Å². The van der Waals surface area contributed by atoms with Crippen LogP contribution in [-0.2, 0) is 6.54 Å². The molecule has 3 aromatic rings. The van der Waals surface area contributed by atoms with Crippen molar-refractivity contribution < 1.29 is 4.79 Å². The Labute approximate surface area is 206 Å². The van der Waals surface area contributed by atoms with Crippen LogP contribution in [0.2, 0.25) is 10.0 Å². The van der Waals surface area contributed by atoms with Crippen LogP contribution in [-0.4, -0.2) is 40.0 Å². The maximum absolute atomic E-state index is 13.4. The first kappa shape index (κ1) is 25.3. The molecule has 8 heteroatoms. The Balaban J connectivity index is 2.00. The predicted molar refractivity (Wildman–Crippen MR) is 139 cm³/mol. The summed E-state index contributed by atoms with van der Waals surface area (Å²) in [5.41, 5.74) is 8.89. The van der Waals surface area contributed by atoms with Crippen LogP contribution in [0.5, 0.6) is 0 Å². The Hall–Kier alpha value is -2.28. The molecule has 0 saturated carbocycles. The average Bonchev–Trinajstić information content (AvgIpc) is 3.05. The molecule has 1 heterocycles. The van der Waals surface area contributed by atoms with E-state index >= 15 is 0 Å². The van der Waals surface area contributed by atoms with E-state index in [0.29, 0.717) is 46.5 Å². The van der Waals surface area contributed by atoms with Crippen LogP contribution in [0.3, 0.4) is 0 Å². The number of nitrogens with zero attached hydrogens (tertiary/aromatic N) is 3. The van der Waals surface area contributed by atoms with Gasteiger partial charge in [-0.25, -0.2) is 4.98 Å². The number of carbonyl (C=O) groups excluding carboxylic acids is 1. The lowest BCUT2D eigenvalue weighted by atomic mass is 10.1. The number of hydrogen-bond donors (Lipinski definition) is 2. The molecule has 0 fully saturated rings. The second kappa shape index (κ2) is 11.2. The van der Waals surface area contributed by atoms with Crippen LogP contribution in [0.1, 0.15) is 44.5 Å². The van der Waals surface area contributed by atoms with Gasteiger partial charge in [0.1, 0.15) is 0 Å². The van der Waals surface area contributed by atoms with E-state index in [2.05, 4.69) is 37.6 Å². The number of halogens is 2. The molecule has 0 bridgehead atoms. The summed E-state index contributed by atoms with van der Waals surface area (Å²) >= 11 is 12.3. The van der Waals surface area contributed by atoms with Crippen LogP contribution in [0.4, 0.5) is 11.6 Å². The van der Waals surface area contributed by atoms with Crippen LogP contribution in [0.25, 0.3) is 11.0 Å². The van der Waals surface area contributed by atoms with Crippen molar-refractivity contribution in [3.63, 3.8) is 0 Å². The van der Waals surface area contributed by atoms with Crippen LogP contribution in [0, 0.1) is 11.8 Å². The van der Waals surface area contributed by atoms with Gasteiger partial charge in [0.15, 0.2) is 0 Å². The van der Waals surface area contributed by atoms with Crippen molar-refractivity contribution in [1.82, 2.24) is 14.5 Å². The van der Waals surface area contributed by atoms with Crippen molar-refractivity contribution in [1.29, 1.82) is 0 Å². The quantitative estimate of drug-likeness (QED) is 0.355. The first-order valence-electron chi connectivity index (χ1n) is 11.4. The van der Waals surface area contributed by atoms with Gasteiger partial charge in [0.05, 0.1) is 11.0 Å². The topological polar surface area (TPSA) is 76.2 Å². The molecule has 33 heavy (non-hydrogen) atoms. The van der Waals surface area contributed by atoms with Gasteiger partial charge in [-0.1, -0.05) is 50.9 Å². The molecule has 178 valence electrons. The fourth-order valence-electron chi connectivity index (χ4n) is 3.89. The molecule has 0 aliphatic heterocycles. The Morgan fingerprint density at radius 3 is 2.27 bits per heavy atom. The lowest BCUT2D eigenvalue weighted by Gasteiger charge is -2.26. The summed E-state index contributed by atoms with van der Waals surface area (Å²) in [5.74, 6) is 1.49. The van der Waals surface area contributed by atoms with Crippen molar-refractivity contribution in [2.24, 2.45) is 17.6 Å². The number of amides is 1. The van der Waals surface area contributed by atoms with Gasteiger partial charge in [0, 0.05) is 40.9 Å². The van der Waals surface area contributed by atoms with Gasteiger partial charge in [-0.15, -0.1) is 0 Å². The number of aromatic nitrogens is 2. The summed E-state index contributed by atoms with van der Waals surface area (Å²) in [5, 5.41) is 4.40. The van der Waals surface area contributed by atoms with Gasteiger partial charge in [-0.3, -0.25) is 4.79 Å². The first-order chi connectivity index (χ1) is 15.7. The molecule has 0 radical (unpaired) electrons. The van der Waals surface area contributed by atoms with E-state index in [-0.39, 0.29) is 5.91 Å². The number of hydrogen-bond acceptors (Lipinski definition) is 4. The molecule has 0 aliphatic carbocycles. The molecule has 1 aromatic heterocycles. The Morgan fingerprint density at radius 1 is 1.06 bits per heavy atom. The van der Waals surface area contributed by atoms with E-state index in [1.165, 1.54) is 0 Å². The Bertz CT molecular complexity index is 1080. The number of nitrogens with two attached hydrogens (primary N) is 1. The highest BCUT2D eigenvalue weighted by Crippen LogP contribution is 2.28. The van der Waals surface area contributed by atoms with E-state index in [1.54, 1.807) is 18.2 Å². The molecule has 3 rings (SSSR count). The Morgan fingerprint density at radius 2 is 1.70 bits per heavy atom. The maximum atomic E-state index is 13.4. The molecule has 0 aliphatic rings. The van der Waals surface area contributed by atoms with E-state index < -0.39 is 0 Å². The molecular formula is C25H33Cl2N5O. The Kier molecular flexibility index (Phi) is 8.63. The third kappa shape index (κ3) is 6.62. The zero-order valence-corrected chi connectivity index (χ0v) is 21.2. The van der Waals surface area contributed by atoms with E-state index in [1.807, 2.05) is 23.1 Å². The van der Waals surface area contributed by atoms with Gasteiger partial charge in [0.2, 0.25) is 5.95 Å². The molecule has 0 atom stereocenters. The third-order valence-electron chi connectivity index (χ3n) is 5.16. The second-order valence-corrected chi connectivity index (χ2v) is 10.1. The minimum Gasteiger partial charge on any atom is -0.338 e. The zero-order valence-electron chi connectivity index (χ0n) is 19.7. The third-order valence-corrected chi connectivity index (χ3v) is 5.59. The van der Waals surface area contributed by atoms with Gasteiger partial charge in [-0.05, 0) is 61.2 Å². The second-order valence-electron chi connectivity index (χ2n) is 9.21. The maximum Gasteiger partial charge on any atom is 0.253 e.